The summed E-state index contributed by atoms with van der Waals surface area (Å²) in [7, 11) is 1.26. The van der Waals surface area contributed by atoms with Gasteiger partial charge in [-0.2, -0.15) is 0 Å². The van der Waals surface area contributed by atoms with Crippen LogP contribution in [0.4, 0.5) is 0 Å². The van der Waals surface area contributed by atoms with Crippen LogP contribution in [0.1, 0.15) is 46.0 Å². The summed E-state index contributed by atoms with van der Waals surface area (Å²) in [5, 5.41) is 0. The summed E-state index contributed by atoms with van der Waals surface area (Å²) in [5.74, 6) is -1.78. The highest BCUT2D eigenvalue weighted by Crippen LogP contribution is 2.40. The molecule has 2 atom stereocenters. The zero-order valence-corrected chi connectivity index (χ0v) is 14.1. The number of carbonyl (C=O) groups is 3. The van der Waals surface area contributed by atoms with Crippen LogP contribution in [0.15, 0.2) is 0 Å². The van der Waals surface area contributed by atoms with Crippen LogP contribution in [0.5, 0.6) is 0 Å². The molecule has 2 unspecified atom stereocenters. The molecule has 23 heavy (non-hydrogen) atoms. The van der Waals surface area contributed by atoms with Crippen molar-refractivity contribution in [3.63, 3.8) is 0 Å². The highest BCUT2D eigenvalue weighted by molar-refractivity contribution is 6.01. The zero-order chi connectivity index (χ0) is 17.3. The fraction of sp³-hybridized carbons (Fsp3) is 0.812. The first-order valence-corrected chi connectivity index (χ1v) is 8.03. The molecule has 7 nitrogen and oxygen atoms in total. The van der Waals surface area contributed by atoms with Crippen LogP contribution in [0.3, 0.4) is 0 Å². The van der Waals surface area contributed by atoms with Crippen LogP contribution in [0.2, 0.25) is 0 Å². The molecule has 0 radical (unpaired) electrons. The van der Waals surface area contributed by atoms with Crippen molar-refractivity contribution >= 4 is 17.9 Å². The van der Waals surface area contributed by atoms with E-state index in [2.05, 4.69) is 11.7 Å². The number of methoxy groups -OCH3 is 1. The van der Waals surface area contributed by atoms with Crippen molar-refractivity contribution in [1.82, 2.24) is 0 Å². The van der Waals surface area contributed by atoms with Crippen molar-refractivity contribution in [3.05, 3.63) is 0 Å². The van der Waals surface area contributed by atoms with Gasteiger partial charge in [-0.3, -0.25) is 14.4 Å². The average molecular weight is 330 g/mol. The predicted octanol–water partition coefficient (Wildman–Crippen LogP) is 1.62. The van der Waals surface area contributed by atoms with Gasteiger partial charge in [0, 0.05) is 19.4 Å². The summed E-state index contributed by atoms with van der Waals surface area (Å²) >= 11 is 0. The van der Waals surface area contributed by atoms with Gasteiger partial charge in [0.15, 0.2) is 5.41 Å². The highest BCUT2D eigenvalue weighted by Gasteiger charge is 2.56. The summed E-state index contributed by atoms with van der Waals surface area (Å²) in [6, 6.07) is 0. The van der Waals surface area contributed by atoms with E-state index in [-0.39, 0.29) is 32.5 Å². The number of cyclic esters (lactones) is 1. The lowest BCUT2D eigenvalue weighted by molar-refractivity contribution is -0.166. The first kappa shape index (κ1) is 19.4. The van der Waals surface area contributed by atoms with E-state index in [0.717, 1.165) is 12.8 Å². The third-order valence-corrected chi connectivity index (χ3v) is 3.84. The van der Waals surface area contributed by atoms with E-state index in [0.29, 0.717) is 6.61 Å². The molecular formula is C16H26O7. The Morgan fingerprint density at radius 1 is 1.35 bits per heavy atom. The quantitative estimate of drug-likeness (QED) is 0.260. The Morgan fingerprint density at radius 2 is 2.09 bits per heavy atom. The first-order valence-electron chi connectivity index (χ1n) is 8.03. The van der Waals surface area contributed by atoms with Crippen LogP contribution in [0, 0.1) is 5.41 Å². The second-order valence-electron chi connectivity index (χ2n) is 5.54. The molecule has 1 aliphatic heterocycles. The summed E-state index contributed by atoms with van der Waals surface area (Å²) in [5.41, 5.74) is -1.44. The molecule has 1 rings (SSSR count). The van der Waals surface area contributed by atoms with Gasteiger partial charge in [0.05, 0.1) is 20.3 Å². The standard InChI is InChI=1S/C16H26O7/c1-4-6-9-21-11-12-10-16(15(19)23-12,14(18)22-5-2)8-7-13(17)20-3/h12H,4-11H2,1-3H3. The Bertz CT molecular complexity index is 421. The van der Waals surface area contributed by atoms with Crippen molar-refractivity contribution in [1.29, 1.82) is 0 Å². The number of hydrogen-bond acceptors (Lipinski definition) is 7. The Hall–Kier alpha value is -1.63. The van der Waals surface area contributed by atoms with Gasteiger partial charge < -0.3 is 18.9 Å². The van der Waals surface area contributed by atoms with Crippen molar-refractivity contribution in [3.8, 4) is 0 Å². The predicted molar refractivity (Wildman–Crippen MR) is 80.5 cm³/mol. The molecule has 0 aliphatic carbocycles. The lowest BCUT2D eigenvalue weighted by Crippen LogP contribution is -2.38. The second kappa shape index (κ2) is 9.50. The SMILES string of the molecule is CCCCOCC1CC(CCC(=O)OC)(C(=O)OCC)C(=O)O1. The maximum Gasteiger partial charge on any atom is 0.324 e. The Kier molecular flexibility index (Phi) is 8.02. The molecule has 1 fully saturated rings. The largest absolute Gasteiger partial charge is 0.469 e. The monoisotopic (exact) mass is 330 g/mol. The molecule has 0 N–H and O–H groups in total. The molecular weight excluding hydrogens is 304 g/mol. The van der Waals surface area contributed by atoms with Gasteiger partial charge in [-0.1, -0.05) is 13.3 Å². The molecule has 7 heteroatoms. The van der Waals surface area contributed by atoms with E-state index in [9.17, 15) is 14.4 Å². The Balaban J connectivity index is 2.73. The van der Waals surface area contributed by atoms with E-state index in [1.165, 1.54) is 7.11 Å². The third-order valence-electron chi connectivity index (χ3n) is 3.84. The maximum atomic E-state index is 12.3. The summed E-state index contributed by atoms with van der Waals surface area (Å²) in [6.45, 7) is 4.70. The maximum absolute atomic E-state index is 12.3. The zero-order valence-electron chi connectivity index (χ0n) is 14.1. The fourth-order valence-electron chi connectivity index (χ4n) is 2.49. The molecule has 0 saturated carbocycles. The molecule has 0 aromatic carbocycles. The van der Waals surface area contributed by atoms with Crippen LogP contribution in [0.25, 0.3) is 0 Å². The third kappa shape index (κ3) is 5.20. The molecule has 0 aromatic rings. The van der Waals surface area contributed by atoms with E-state index in [4.69, 9.17) is 14.2 Å². The minimum atomic E-state index is -1.44. The van der Waals surface area contributed by atoms with Crippen LogP contribution in [-0.4, -0.2) is 50.9 Å². The minimum absolute atomic E-state index is 0.0167. The molecule has 1 saturated heterocycles. The molecule has 0 amide bonds. The van der Waals surface area contributed by atoms with Crippen molar-refractivity contribution in [2.24, 2.45) is 5.41 Å². The lowest BCUT2D eigenvalue weighted by atomic mass is 9.80. The van der Waals surface area contributed by atoms with E-state index in [1.807, 2.05) is 0 Å². The van der Waals surface area contributed by atoms with Gasteiger partial charge in [0.25, 0.3) is 0 Å². The topological polar surface area (TPSA) is 88.1 Å². The first-order chi connectivity index (χ1) is 11.0. The Morgan fingerprint density at radius 3 is 2.70 bits per heavy atom. The highest BCUT2D eigenvalue weighted by atomic mass is 16.6. The number of unbranched alkanes of at least 4 members (excludes halogenated alkanes) is 1. The number of ether oxygens (including phenoxy) is 4. The van der Waals surface area contributed by atoms with Gasteiger partial charge in [0.1, 0.15) is 6.10 Å². The lowest BCUT2D eigenvalue weighted by Gasteiger charge is -2.21. The Labute approximate surface area is 136 Å². The second-order valence-corrected chi connectivity index (χ2v) is 5.54. The molecule has 0 aromatic heterocycles. The average Bonchev–Trinajstić information content (AvgIpc) is 2.86. The minimum Gasteiger partial charge on any atom is -0.469 e. The normalized spacial score (nSPS) is 23.4. The summed E-state index contributed by atoms with van der Waals surface area (Å²) in [6.07, 6.45) is 1.56. The number of hydrogen-bond donors (Lipinski definition) is 0. The number of esters is 3. The summed E-state index contributed by atoms with van der Waals surface area (Å²) in [4.78, 5) is 35.9. The molecule has 0 bridgehead atoms. The summed E-state index contributed by atoms with van der Waals surface area (Å²) < 4.78 is 20.3. The number of carbonyl (C=O) groups excluding carboxylic acids is 3. The smallest absolute Gasteiger partial charge is 0.324 e. The van der Waals surface area contributed by atoms with Crippen LogP contribution < -0.4 is 0 Å². The van der Waals surface area contributed by atoms with Crippen molar-refractivity contribution in [2.75, 3.05) is 26.9 Å². The van der Waals surface area contributed by atoms with Crippen molar-refractivity contribution in [2.45, 2.75) is 52.1 Å². The molecule has 0 spiro atoms. The van der Waals surface area contributed by atoms with Gasteiger partial charge in [-0.15, -0.1) is 0 Å². The van der Waals surface area contributed by atoms with Crippen LogP contribution >= 0.6 is 0 Å². The van der Waals surface area contributed by atoms with E-state index in [1.54, 1.807) is 6.92 Å². The molecule has 1 aliphatic rings. The van der Waals surface area contributed by atoms with E-state index >= 15 is 0 Å². The number of rotatable bonds is 10. The van der Waals surface area contributed by atoms with Gasteiger partial charge in [-0.25, -0.2) is 0 Å². The van der Waals surface area contributed by atoms with Gasteiger partial charge >= 0.3 is 17.9 Å². The van der Waals surface area contributed by atoms with Gasteiger partial charge in [0.2, 0.25) is 0 Å². The van der Waals surface area contributed by atoms with Crippen LogP contribution in [-0.2, 0) is 33.3 Å². The molecule has 132 valence electrons. The molecule has 1 heterocycles. The van der Waals surface area contributed by atoms with Gasteiger partial charge in [-0.05, 0) is 19.8 Å². The van der Waals surface area contributed by atoms with E-state index < -0.39 is 29.4 Å². The fourth-order valence-corrected chi connectivity index (χ4v) is 2.49. The van der Waals surface area contributed by atoms with Crippen molar-refractivity contribution < 1.29 is 33.3 Å².